The van der Waals surface area contributed by atoms with Crippen LogP contribution in [0.25, 0.3) is 0 Å². The highest BCUT2D eigenvalue weighted by atomic mass is 28.3. The first-order valence-electron chi connectivity index (χ1n) is 2.96. The second-order valence-corrected chi connectivity index (χ2v) is 3.38. The predicted molar refractivity (Wildman–Crippen MR) is 39.9 cm³/mol. The van der Waals surface area contributed by atoms with Crippen molar-refractivity contribution in [2.75, 3.05) is 7.11 Å². The van der Waals surface area contributed by atoms with Crippen LogP contribution in [-0.2, 0) is 4.43 Å². The van der Waals surface area contributed by atoms with E-state index in [-0.39, 0.29) is 0 Å². The number of hydrogen-bond donors (Lipinski definition) is 0. The summed E-state index contributed by atoms with van der Waals surface area (Å²) in [6.45, 7) is 0. The Bertz CT molecular complexity index is 190. The molecule has 0 aliphatic heterocycles. The van der Waals surface area contributed by atoms with Gasteiger partial charge in [0.15, 0.2) is 0 Å². The fourth-order valence-electron chi connectivity index (χ4n) is 0.687. The van der Waals surface area contributed by atoms with E-state index in [1.807, 2.05) is 6.07 Å². The van der Waals surface area contributed by atoms with E-state index >= 15 is 0 Å². The molecular weight excluding hydrogens is 147 g/mol. The molecule has 1 aromatic carbocycles. The number of rotatable bonds is 2. The molecule has 1 radical (unpaired) electrons. The smallest absolute Gasteiger partial charge is 0.390 e. The summed E-state index contributed by atoms with van der Waals surface area (Å²) in [5.74, 6) is 0. The molecule has 0 N–H and O–H groups in total. The van der Waals surface area contributed by atoms with E-state index in [1.165, 1.54) is 7.11 Å². The lowest BCUT2D eigenvalue weighted by atomic mass is 10.4. The Morgan fingerprint density at radius 2 is 1.90 bits per heavy atom. The van der Waals surface area contributed by atoms with E-state index in [0.717, 1.165) is 0 Å². The third-order valence-electron chi connectivity index (χ3n) is 1.18. The third kappa shape index (κ3) is 1.65. The van der Waals surface area contributed by atoms with Crippen molar-refractivity contribution in [2.45, 2.75) is 0 Å². The van der Waals surface area contributed by atoms with Gasteiger partial charge in [-0.2, -0.15) is 0 Å². The first-order chi connectivity index (χ1) is 4.84. The third-order valence-corrected chi connectivity index (χ3v) is 2.33. The minimum atomic E-state index is -2.21. The summed E-state index contributed by atoms with van der Waals surface area (Å²) >= 11 is 0. The quantitative estimate of drug-likeness (QED) is 0.457. The van der Waals surface area contributed by atoms with E-state index in [1.54, 1.807) is 24.3 Å². The predicted octanol–water partition coefficient (Wildman–Crippen LogP) is 0.998. The molecule has 1 rings (SSSR count). The molecule has 0 spiro atoms. The van der Waals surface area contributed by atoms with E-state index in [4.69, 9.17) is 0 Å². The molecular formula is C7H8FOSi. The van der Waals surface area contributed by atoms with Crippen LogP contribution < -0.4 is 5.19 Å². The van der Waals surface area contributed by atoms with Crippen LogP contribution in [0.4, 0.5) is 4.11 Å². The first kappa shape index (κ1) is 7.43. The van der Waals surface area contributed by atoms with Gasteiger partial charge in [-0.1, -0.05) is 30.3 Å². The number of hydrogen-bond acceptors (Lipinski definition) is 1. The first-order valence-corrected chi connectivity index (χ1v) is 4.25. The Kier molecular flexibility index (Phi) is 2.59. The molecule has 0 heterocycles. The Labute approximate surface area is 61.4 Å². The van der Waals surface area contributed by atoms with Gasteiger partial charge in [-0.25, -0.2) is 0 Å². The van der Waals surface area contributed by atoms with Crippen molar-refractivity contribution in [3.63, 3.8) is 0 Å². The zero-order valence-electron chi connectivity index (χ0n) is 5.67. The Balaban J connectivity index is 2.75. The summed E-state index contributed by atoms with van der Waals surface area (Å²) in [7, 11) is -0.816. The summed E-state index contributed by atoms with van der Waals surface area (Å²) in [6.07, 6.45) is 0. The molecule has 1 aromatic rings. The molecule has 0 fully saturated rings. The van der Waals surface area contributed by atoms with Gasteiger partial charge < -0.3 is 4.43 Å². The second-order valence-electron chi connectivity index (χ2n) is 1.84. The minimum Gasteiger partial charge on any atom is -0.390 e. The summed E-state index contributed by atoms with van der Waals surface area (Å²) in [5.41, 5.74) is 0. The molecule has 0 saturated carbocycles. The maximum absolute atomic E-state index is 12.7. The van der Waals surface area contributed by atoms with Gasteiger partial charge in [0.05, 0.1) is 0 Å². The van der Waals surface area contributed by atoms with Gasteiger partial charge >= 0.3 is 9.37 Å². The SMILES string of the molecule is CO[Si](F)c1ccccc1. The van der Waals surface area contributed by atoms with E-state index < -0.39 is 9.37 Å². The lowest BCUT2D eigenvalue weighted by molar-refractivity contribution is 0.389. The highest BCUT2D eigenvalue weighted by Crippen LogP contribution is 1.89. The normalized spacial score (nSPS) is 10.3. The Hall–Kier alpha value is -0.673. The average Bonchev–Trinajstić information content (AvgIpc) is 2.05. The van der Waals surface area contributed by atoms with Crippen LogP contribution in [0.15, 0.2) is 30.3 Å². The topological polar surface area (TPSA) is 9.23 Å². The zero-order chi connectivity index (χ0) is 7.40. The van der Waals surface area contributed by atoms with Crippen molar-refractivity contribution in [1.29, 1.82) is 0 Å². The van der Waals surface area contributed by atoms with Crippen LogP contribution in [0.3, 0.4) is 0 Å². The molecule has 0 aromatic heterocycles. The second kappa shape index (κ2) is 3.48. The van der Waals surface area contributed by atoms with Crippen LogP contribution in [0.2, 0.25) is 0 Å². The van der Waals surface area contributed by atoms with Crippen molar-refractivity contribution in [2.24, 2.45) is 0 Å². The molecule has 0 amide bonds. The van der Waals surface area contributed by atoms with Crippen LogP contribution in [0.5, 0.6) is 0 Å². The average molecular weight is 155 g/mol. The minimum absolute atomic E-state index is 0.662. The molecule has 0 aliphatic carbocycles. The van der Waals surface area contributed by atoms with Gasteiger partial charge in [0.25, 0.3) is 0 Å². The molecule has 0 bridgehead atoms. The van der Waals surface area contributed by atoms with Crippen LogP contribution >= 0.6 is 0 Å². The fourth-order valence-corrected chi connectivity index (χ4v) is 1.38. The molecule has 0 atom stereocenters. The number of benzene rings is 1. The highest BCUT2D eigenvalue weighted by molar-refractivity contribution is 6.60. The van der Waals surface area contributed by atoms with Crippen LogP contribution in [0, 0.1) is 0 Å². The monoisotopic (exact) mass is 155 g/mol. The fraction of sp³-hybridized carbons (Fsp3) is 0.143. The molecule has 10 heavy (non-hydrogen) atoms. The molecule has 0 unspecified atom stereocenters. The summed E-state index contributed by atoms with van der Waals surface area (Å²) < 4.78 is 17.3. The van der Waals surface area contributed by atoms with Crippen molar-refractivity contribution >= 4 is 14.6 Å². The van der Waals surface area contributed by atoms with Gasteiger partial charge in [0.2, 0.25) is 0 Å². The van der Waals surface area contributed by atoms with Crippen molar-refractivity contribution in [3.8, 4) is 0 Å². The van der Waals surface area contributed by atoms with Gasteiger partial charge in [-0.15, -0.1) is 0 Å². The largest absolute Gasteiger partial charge is 0.469 e. The molecule has 1 nitrogen and oxygen atoms in total. The number of halogens is 1. The van der Waals surface area contributed by atoms with Crippen molar-refractivity contribution in [3.05, 3.63) is 30.3 Å². The zero-order valence-corrected chi connectivity index (χ0v) is 6.67. The van der Waals surface area contributed by atoms with E-state index in [2.05, 4.69) is 4.43 Å². The van der Waals surface area contributed by atoms with Crippen LogP contribution in [-0.4, -0.2) is 16.5 Å². The maximum atomic E-state index is 12.7. The maximum Gasteiger partial charge on any atom is 0.469 e. The van der Waals surface area contributed by atoms with Gasteiger partial charge in [0.1, 0.15) is 0 Å². The van der Waals surface area contributed by atoms with Gasteiger partial charge in [-0.3, -0.25) is 4.11 Å². The van der Waals surface area contributed by atoms with Crippen molar-refractivity contribution in [1.82, 2.24) is 0 Å². The van der Waals surface area contributed by atoms with E-state index in [0.29, 0.717) is 5.19 Å². The molecule has 53 valence electrons. The summed E-state index contributed by atoms with van der Waals surface area (Å²) in [6, 6.07) is 8.93. The van der Waals surface area contributed by atoms with Gasteiger partial charge in [0, 0.05) is 7.11 Å². The molecule has 0 saturated heterocycles. The highest BCUT2D eigenvalue weighted by Gasteiger charge is 2.12. The van der Waals surface area contributed by atoms with Crippen LogP contribution in [0.1, 0.15) is 0 Å². The lowest BCUT2D eigenvalue weighted by Gasteiger charge is -1.99. The summed E-state index contributed by atoms with van der Waals surface area (Å²) in [4.78, 5) is 0. The summed E-state index contributed by atoms with van der Waals surface area (Å²) in [5, 5.41) is 0.662. The lowest BCUT2D eigenvalue weighted by Crippen LogP contribution is -2.26. The van der Waals surface area contributed by atoms with Gasteiger partial charge in [-0.05, 0) is 5.19 Å². The molecule has 3 heteroatoms. The standard InChI is InChI=1S/C7H8FOSi/c1-9-10(8)7-5-3-2-4-6-7/h2-6H,1H3. The van der Waals surface area contributed by atoms with Crippen molar-refractivity contribution < 1.29 is 8.53 Å². The van der Waals surface area contributed by atoms with E-state index in [9.17, 15) is 4.11 Å². The Morgan fingerprint density at radius 1 is 1.30 bits per heavy atom. The molecule has 0 aliphatic rings. The Morgan fingerprint density at radius 3 is 2.40 bits per heavy atom.